The van der Waals surface area contributed by atoms with Crippen molar-refractivity contribution < 1.29 is 10.2 Å². The lowest BCUT2D eigenvalue weighted by Crippen LogP contribution is -2.37. The second-order valence-electron chi connectivity index (χ2n) is 5.10. The molecule has 0 spiro atoms. The lowest BCUT2D eigenvalue weighted by molar-refractivity contribution is 0.0163. The van der Waals surface area contributed by atoms with E-state index in [-0.39, 0.29) is 19.1 Å². The Morgan fingerprint density at radius 3 is 2.24 bits per heavy atom. The molecule has 1 aromatic rings. The fraction of sp³-hybridized carbons (Fsp3) is 0.571. The normalized spacial score (nSPS) is 12.2. The predicted molar refractivity (Wildman–Crippen MR) is 71.3 cm³/mol. The van der Waals surface area contributed by atoms with E-state index in [2.05, 4.69) is 0 Å². The van der Waals surface area contributed by atoms with Gasteiger partial charge in [-0.3, -0.25) is 0 Å². The molecule has 17 heavy (non-hydrogen) atoms. The smallest absolute Gasteiger partial charge is 0.0515 e. The zero-order valence-electron chi connectivity index (χ0n) is 10.7. The number of aliphatic hydroxyl groups excluding tert-OH is 2. The summed E-state index contributed by atoms with van der Waals surface area (Å²) in [4.78, 5) is 0. The summed E-state index contributed by atoms with van der Waals surface area (Å²) in [7, 11) is 0. The van der Waals surface area contributed by atoms with Crippen molar-refractivity contribution in [1.29, 1.82) is 0 Å². The summed E-state index contributed by atoms with van der Waals surface area (Å²) in [6, 6.07) is 5.89. The first-order chi connectivity index (χ1) is 7.95. The molecule has 0 fully saturated rings. The van der Waals surface area contributed by atoms with Crippen LogP contribution in [-0.4, -0.2) is 23.4 Å². The lowest BCUT2D eigenvalue weighted by atomic mass is 9.74. The van der Waals surface area contributed by atoms with E-state index in [0.717, 1.165) is 11.1 Å². The molecule has 3 heteroatoms. The lowest BCUT2D eigenvalue weighted by Gasteiger charge is -2.34. The first-order valence-corrected chi connectivity index (χ1v) is 6.30. The van der Waals surface area contributed by atoms with Gasteiger partial charge in [-0.2, -0.15) is 0 Å². The Kier molecular flexibility index (Phi) is 4.99. The van der Waals surface area contributed by atoms with Gasteiger partial charge in [-0.05, 0) is 36.5 Å². The molecule has 1 rings (SSSR count). The van der Waals surface area contributed by atoms with Crippen LogP contribution < -0.4 is 0 Å². The molecule has 96 valence electrons. The zero-order valence-corrected chi connectivity index (χ0v) is 11.5. The molecule has 0 unspecified atom stereocenters. The summed E-state index contributed by atoms with van der Waals surface area (Å²) >= 11 is 6.19. The minimum absolute atomic E-state index is 0.0363. The third-order valence-electron chi connectivity index (χ3n) is 3.61. The summed E-state index contributed by atoms with van der Waals surface area (Å²) in [6.45, 7) is 5.93. The van der Waals surface area contributed by atoms with E-state index in [4.69, 9.17) is 11.6 Å². The monoisotopic (exact) mass is 256 g/mol. The van der Waals surface area contributed by atoms with Gasteiger partial charge in [0, 0.05) is 10.4 Å². The molecular weight excluding hydrogens is 236 g/mol. The Labute approximate surface area is 108 Å². The van der Waals surface area contributed by atoms with Crippen LogP contribution in [0.2, 0.25) is 5.02 Å². The molecule has 2 nitrogen and oxygen atoms in total. The van der Waals surface area contributed by atoms with Crippen LogP contribution in [0.15, 0.2) is 18.2 Å². The van der Waals surface area contributed by atoms with Crippen molar-refractivity contribution in [3.63, 3.8) is 0 Å². The molecule has 0 atom stereocenters. The summed E-state index contributed by atoms with van der Waals surface area (Å²) in [5, 5.41) is 19.8. The third-order valence-corrected chi connectivity index (χ3v) is 3.96. The van der Waals surface area contributed by atoms with Crippen molar-refractivity contribution in [2.75, 3.05) is 13.2 Å². The molecular formula is C14H21ClO2. The molecule has 0 aliphatic heterocycles. The highest BCUT2D eigenvalue weighted by atomic mass is 35.5. The highest BCUT2D eigenvalue weighted by Gasteiger charge is 2.33. The molecule has 1 aromatic carbocycles. The van der Waals surface area contributed by atoms with Gasteiger partial charge in [0.25, 0.3) is 0 Å². The molecule has 2 N–H and O–H groups in total. The van der Waals surface area contributed by atoms with Gasteiger partial charge in [0.1, 0.15) is 0 Å². The van der Waals surface area contributed by atoms with E-state index in [0.29, 0.717) is 11.4 Å². The van der Waals surface area contributed by atoms with E-state index in [1.54, 1.807) is 0 Å². The molecule has 0 amide bonds. The maximum absolute atomic E-state index is 9.55. The van der Waals surface area contributed by atoms with Crippen molar-refractivity contribution in [1.82, 2.24) is 0 Å². The van der Waals surface area contributed by atoms with Crippen LogP contribution in [0.25, 0.3) is 0 Å². The molecule has 0 radical (unpaired) electrons. The molecule has 0 saturated carbocycles. The molecule has 0 heterocycles. The predicted octanol–water partition coefficient (Wildman–Crippen LogP) is 2.82. The van der Waals surface area contributed by atoms with Crippen molar-refractivity contribution in [3.05, 3.63) is 34.3 Å². The van der Waals surface area contributed by atoms with Gasteiger partial charge < -0.3 is 10.2 Å². The van der Waals surface area contributed by atoms with Crippen LogP contribution in [0, 0.1) is 18.3 Å². The molecule has 0 bridgehead atoms. The Morgan fingerprint density at radius 1 is 1.24 bits per heavy atom. The van der Waals surface area contributed by atoms with Gasteiger partial charge in [0.2, 0.25) is 0 Å². The number of hydrogen-bond acceptors (Lipinski definition) is 2. The third kappa shape index (κ3) is 3.21. The second-order valence-corrected chi connectivity index (χ2v) is 5.51. The van der Waals surface area contributed by atoms with Crippen LogP contribution in [0.5, 0.6) is 0 Å². The van der Waals surface area contributed by atoms with Crippen LogP contribution in [0.3, 0.4) is 0 Å². The van der Waals surface area contributed by atoms with E-state index in [1.165, 1.54) is 0 Å². The number of halogens is 1. The van der Waals surface area contributed by atoms with E-state index < -0.39 is 5.41 Å². The Hall–Kier alpha value is -0.570. The van der Waals surface area contributed by atoms with Crippen LogP contribution in [-0.2, 0) is 6.42 Å². The molecule has 0 saturated heterocycles. The zero-order chi connectivity index (χ0) is 13.1. The molecule has 0 aliphatic rings. The van der Waals surface area contributed by atoms with Crippen LogP contribution in [0.4, 0.5) is 0 Å². The molecule has 0 aliphatic carbocycles. The standard InChI is InChI=1S/C14H21ClO2/c1-10(2)14(8-16,9-17)7-12-5-4-11(3)6-13(12)15/h4-6,10,16-17H,7-9H2,1-3H3. The van der Waals surface area contributed by atoms with E-state index in [1.807, 2.05) is 39.0 Å². The highest BCUT2D eigenvalue weighted by molar-refractivity contribution is 6.31. The van der Waals surface area contributed by atoms with E-state index >= 15 is 0 Å². The van der Waals surface area contributed by atoms with Gasteiger partial charge in [-0.15, -0.1) is 0 Å². The largest absolute Gasteiger partial charge is 0.396 e. The van der Waals surface area contributed by atoms with Gasteiger partial charge in [-0.1, -0.05) is 37.6 Å². The quantitative estimate of drug-likeness (QED) is 0.851. The summed E-state index contributed by atoms with van der Waals surface area (Å²) < 4.78 is 0. The summed E-state index contributed by atoms with van der Waals surface area (Å²) in [5.74, 6) is 0.190. The number of aliphatic hydroxyl groups is 2. The highest BCUT2D eigenvalue weighted by Crippen LogP contribution is 2.33. The first-order valence-electron chi connectivity index (χ1n) is 5.92. The van der Waals surface area contributed by atoms with Gasteiger partial charge in [-0.25, -0.2) is 0 Å². The minimum Gasteiger partial charge on any atom is -0.396 e. The number of rotatable bonds is 5. The van der Waals surface area contributed by atoms with Crippen molar-refractivity contribution >= 4 is 11.6 Å². The van der Waals surface area contributed by atoms with Gasteiger partial charge in [0.05, 0.1) is 13.2 Å². The summed E-state index contributed by atoms with van der Waals surface area (Å²) in [6.07, 6.45) is 0.594. The van der Waals surface area contributed by atoms with Crippen LogP contribution in [0.1, 0.15) is 25.0 Å². The van der Waals surface area contributed by atoms with Crippen molar-refractivity contribution in [3.8, 4) is 0 Å². The fourth-order valence-electron chi connectivity index (χ4n) is 1.91. The maximum atomic E-state index is 9.55. The van der Waals surface area contributed by atoms with Crippen molar-refractivity contribution in [2.45, 2.75) is 27.2 Å². The number of hydrogen-bond donors (Lipinski definition) is 2. The SMILES string of the molecule is Cc1ccc(CC(CO)(CO)C(C)C)c(Cl)c1. The van der Waals surface area contributed by atoms with E-state index in [9.17, 15) is 10.2 Å². The second kappa shape index (κ2) is 5.85. The number of aryl methyl sites for hydroxylation is 1. The fourth-order valence-corrected chi connectivity index (χ4v) is 2.21. The summed E-state index contributed by atoms with van der Waals surface area (Å²) in [5.41, 5.74) is 1.59. The van der Waals surface area contributed by atoms with Crippen LogP contribution >= 0.6 is 11.6 Å². The average Bonchev–Trinajstić information content (AvgIpc) is 2.28. The number of benzene rings is 1. The van der Waals surface area contributed by atoms with Crippen molar-refractivity contribution in [2.24, 2.45) is 11.3 Å². The van der Waals surface area contributed by atoms with Gasteiger partial charge >= 0.3 is 0 Å². The minimum atomic E-state index is -0.501. The van der Waals surface area contributed by atoms with Gasteiger partial charge in [0.15, 0.2) is 0 Å². The topological polar surface area (TPSA) is 40.5 Å². The molecule has 0 aromatic heterocycles. The Balaban J connectivity index is 3.01. The maximum Gasteiger partial charge on any atom is 0.0515 e. The first kappa shape index (κ1) is 14.5. The Bertz CT molecular complexity index is 370. The average molecular weight is 257 g/mol. The Morgan fingerprint density at radius 2 is 1.82 bits per heavy atom.